The summed E-state index contributed by atoms with van der Waals surface area (Å²) in [5, 5.41) is 4.90. The molecule has 0 aliphatic heterocycles. The van der Waals surface area contributed by atoms with E-state index in [1.165, 1.54) is 12.8 Å². The van der Waals surface area contributed by atoms with Gasteiger partial charge in [0.15, 0.2) is 0 Å². The summed E-state index contributed by atoms with van der Waals surface area (Å²) < 4.78 is 4.78. The fourth-order valence-corrected chi connectivity index (χ4v) is 15.8. The van der Waals surface area contributed by atoms with Gasteiger partial charge in [0.2, 0.25) is 0 Å². The van der Waals surface area contributed by atoms with E-state index >= 15 is 0 Å². The van der Waals surface area contributed by atoms with E-state index in [2.05, 4.69) is 113 Å². The van der Waals surface area contributed by atoms with Gasteiger partial charge in [-0.15, -0.1) is 0 Å². The third kappa shape index (κ3) is 3.95. The Balaban J connectivity index is 1.86. The number of benzene rings is 4. The molecular formula is C30H32PSb. The molecule has 2 heteroatoms. The van der Waals surface area contributed by atoms with Gasteiger partial charge in [0.25, 0.3) is 0 Å². The Labute approximate surface area is 201 Å². The van der Waals surface area contributed by atoms with Crippen molar-refractivity contribution in [3.05, 3.63) is 96.1 Å². The van der Waals surface area contributed by atoms with Crippen molar-refractivity contribution in [3.8, 4) is 0 Å². The summed E-state index contributed by atoms with van der Waals surface area (Å²) in [6.07, 6.45) is 2.40. The van der Waals surface area contributed by atoms with Crippen molar-refractivity contribution in [1.82, 2.24) is 0 Å². The first kappa shape index (κ1) is 22.2. The van der Waals surface area contributed by atoms with Gasteiger partial charge in [0.05, 0.1) is 0 Å². The maximum absolute atomic E-state index is 2.53. The molecule has 5 rings (SSSR count). The predicted molar refractivity (Wildman–Crippen MR) is 146 cm³/mol. The van der Waals surface area contributed by atoms with E-state index in [9.17, 15) is 0 Å². The van der Waals surface area contributed by atoms with Gasteiger partial charge in [-0.05, 0) is 0 Å². The van der Waals surface area contributed by atoms with E-state index < -0.39 is 20.2 Å². The van der Waals surface area contributed by atoms with Crippen molar-refractivity contribution in [2.45, 2.75) is 51.9 Å². The number of aryl methyl sites for hydroxylation is 2. The molecule has 1 aliphatic carbocycles. The molecule has 0 fully saturated rings. The summed E-state index contributed by atoms with van der Waals surface area (Å²) in [6, 6.07) is 32.7. The standard InChI is InChI=1S/C18H22P.2C6H5.Sb/c1-12(2)19(13(3)4)17-11-10-15-9-8-14-6-5-7-16(17)18(14)15;2*1-2-4-6-5-3-1;/h5-6,10-13H,8-9H2,1-4H3;2*1-5H;. The minimum atomic E-state index is -2.18. The fourth-order valence-electron chi connectivity index (χ4n) is 5.43. The molecule has 0 unspecified atom stereocenters. The van der Waals surface area contributed by atoms with E-state index in [1.54, 1.807) is 37.7 Å². The van der Waals surface area contributed by atoms with Crippen LogP contribution in [0.4, 0.5) is 0 Å². The Morgan fingerprint density at radius 2 is 1.09 bits per heavy atom. The van der Waals surface area contributed by atoms with Crippen LogP contribution < -0.4 is 15.8 Å². The summed E-state index contributed by atoms with van der Waals surface area (Å²) in [6.45, 7) is 9.73. The molecule has 0 spiro atoms. The van der Waals surface area contributed by atoms with Gasteiger partial charge in [0.1, 0.15) is 0 Å². The maximum atomic E-state index is 2.53. The summed E-state index contributed by atoms with van der Waals surface area (Å²) in [5.74, 6) is 0. The fraction of sp³-hybridized carbons (Fsp3) is 0.267. The van der Waals surface area contributed by atoms with Crippen LogP contribution in [0.15, 0.2) is 84.9 Å². The second-order valence-electron chi connectivity index (χ2n) is 9.34. The molecular weight excluding hydrogens is 513 g/mol. The van der Waals surface area contributed by atoms with E-state index in [0.29, 0.717) is 11.3 Å². The van der Waals surface area contributed by atoms with E-state index in [-0.39, 0.29) is 7.92 Å². The zero-order chi connectivity index (χ0) is 22.2. The Morgan fingerprint density at radius 1 is 0.594 bits per heavy atom. The molecule has 0 N–H and O–H groups in total. The Kier molecular flexibility index (Phi) is 6.47. The summed E-state index contributed by atoms with van der Waals surface area (Å²) in [4.78, 5) is 0. The summed E-state index contributed by atoms with van der Waals surface area (Å²) >= 11 is -2.18. The van der Waals surface area contributed by atoms with Crippen LogP contribution in [0.5, 0.6) is 0 Å². The normalized spacial score (nSPS) is 13.2. The average Bonchev–Trinajstić information content (AvgIpc) is 3.22. The first-order valence-electron chi connectivity index (χ1n) is 11.8. The van der Waals surface area contributed by atoms with Crippen LogP contribution in [-0.4, -0.2) is 31.5 Å². The van der Waals surface area contributed by atoms with Gasteiger partial charge in [-0.25, -0.2) is 0 Å². The first-order chi connectivity index (χ1) is 15.6. The van der Waals surface area contributed by atoms with Crippen LogP contribution in [0.25, 0.3) is 10.8 Å². The van der Waals surface area contributed by atoms with Gasteiger partial charge in [-0.3, -0.25) is 0 Å². The van der Waals surface area contributed by atoms with Crippen molar-refractivity contribution in [1.29, 1.82) is 0 Å². The molecule has 0 aromatic heterocycles. The Bertz CT molecular complexity index is 1170. The van der Waals surface area contributed by atoms with Gasteiger partial charge < -0.3 is 0 Å². The average molecular weight is 545 g/mol. The minimum absolute atomic E-state index is 0.220. The molecule has 4 aromatic rings. The molecule has 0 heterocycles. The Hall–Kier alpha value is -1.61. The third-order valence-electron chi connectivity index (χ3n) is 6.61. The summed E-state index contributed by atoms with van der Waals surface area (Å²) in [7, 11) is -0.220. The van der Waals surface area contributed by atoms with E-state index in [0.717, 1.165) is 0 Å². The topological polar surface area (TPSA) is 0 Å². The van der Waals surface area contributed by atoms with Crippen LogP contribution in [0, 0.1) is 0 Å². The molecule has 32 heavy (non-hydrogen) atoms. The SMILES string of the molecule is CC(C)P(c1ccc2c3c(cc[c]([Sb]([c]4ccccc4)[c]4ccccc4)c13)CC2)C(C)C. The predicted octanol–water partition coefficient (Wildman–Crippen LogP) is 5.38. The second kappa shape index (κ2) is 9.33. The molecule has 0 atom stereocenters. The van der Waals surface area contributed by atoms with Crippen molar-refractivity contribution in [2.24, 2.45) is 0 Å². The summed E-state index contributed by atoms with van der Waals surface area (Å²) in [5.41, 5.74) is 4.53. The zero-order valence-electron chi connectivity index (χ0n) is 19.5. The zero-order valence-corrected chi connectivity index (χ0v) is 23.0. The third-order valence-corrected chi connectivity index (χ3v) is 16.9. The van der Waals surface area contributed by atoms with Crippen molar-refractivity contribution >= 4 is 54.7 Å². The number of rotatable bonds is 6. The molecule has 0 saturated carbocycles. The first-order valence-corrected chi connectivity index (χ1v) is 17.1. The molecule has 0 radical (unpaired) electrons. The van der Waals surface area contributed by atoms with Crippen molar-refractivity contribution in [3.63, 3.8) is 0 Å². The molecule has 4 aromatic carbocycles. The van der Waals surface area contributed by atoms with Crippen LogP contribution in [-0.2, 0) is 12.8 Å². The second-order valence-corrected chi connectivity index (χ2v) is 18.9. The van der Waals surface area contributed by atoms with Gasteiger partial charge in [-0.1, -0.05) is 0 Å². The van der Waals surface area contributed by atoms with E-state index in [4.69, 9.17) is 0 Å². The quantitative estimate of drug-likeness (QED) is 0.226. The van der Waals surface area contributed by atoms with Crippen LogP contribution >= 0.6 is 7.92 Å². The van der Waals surface area contributed by atoms with Crippen LogP contribution in [0.3, 0.4) is 0 Å². The Morgan fingerprint density at radius 3 is 1.59 bits per heavy atom. The molecule has 0 nitrogen and oxygen atoms in total. The van der Waals surface area contributed by atoms with Crippen molar-refractivity contribution < 1.29 is 0 Å². The molecule has 0 saturated heterocycles. The van der Waals surface area contributed by atoms with Crippen LogP contribution in [0.1, 0.15) is 38.8 Å². The van der Waals surface area contributed by atoms with Gasteiger partial charge in [-0.2, -0.15) is 0 Å². The molecule has 1 aliphatic rings. The number of hydrogen-bond acceptors (Lipinski definition) is 0. The molecule has 162 valence electrons. The van der Waals surface area contributed by atoms with Crippen molar-refractivity contribution in [2.75, 3.05) is 0 Å². The van der Waals surface area contributed by atoms with Gasteiger partial charge >= 0.3 is 203 Å². The van der Waals surface area contributed by atoms with Gasteiger partial charge in [0, 0.05) is 0 Å². The molecule has 0 bridgehead atoms. The number of hydrogen-bond donors (Lipinski definition) is 0. The molecule has 0 amide bonds. The van der Waals surface area contributed by atoms with E-state index in [1.807, 2.05) is 0 Å². The monoisotopic (exact) mass is 544 g/mol. The van der Waals surface area contributed by atoms with Crippen LogP contribution in [0.2, 0.25) is 0 Å².